The maximum absolute atomic E-state index is 4.67. The molecular weight excluding hydrogens is 314 g/mol. The molecule has 0 radical (unpaired) electrons. The molecule has 0 unspecified atom stereocenters. The van der Waals surface area contributed by atoms with Crippen LogP contribution in [0.3, 0.4) is 0 Å². The minimum Gasteiger partial charge on any atom is -0.379 e. The first kappa shape index (κ1) is 13.1. The summed E-state index contributed by atoms with van der Waals surface area (Å²) in [6.45, 7) is 2.67. The number of halogens is 1. The second-order valence-electron chi connectivity index (χ2n) is 4.60. The second-order valence-corrected chi connectivity index (χ2v) is 5.52. The summed E-state index contributed by atoms with van der Waals surface area (Å²) < 4.78 is 1.07. The predicted molar refractivity (Wildman–Crippen MR) is 85.7 cm³/mol. The van der Waals surface area contributed by atoms with Crippen molar-refractivity contribution in [1.82, 2.24) is 9.97 Å². The number of anilines is 1. The third-order valence-electron chi connectivity index (χ3n) is 3.15. The van der Waals surface area contributed by atoms with Gasteiger partial charge in [0.1, 0.15) is 0 Å². The number of hydrogen-bond donors (Lipinski definition) is 1. The Morgan fingerprint density at radius 3 is 2.30 bits per heavy atom. The molecule has 0 atom stereocenters. The molecule has 100 valence electrons. The van der Waals surface area contributed by atoms with Crippen LogP contribution < -0.4 is 5.32 Å². The fraction of sp³-hybridized carbons (Fsp3) is 0.125. The molecule has 0 aliphatic rings. The molecular formula is C16H14BrN3. The fourth-order valence-electron chi connectivity index (χ4n) is 2.05. The number of para-hydroxylation sites is 2. The van der Waals surface area contributed by atoms with Crippen molar-refractivity contribution in [3.05, 3.63) is 64.4 Å². The van der Waals surface area contributed by atoms with Gasteiger partial charge in [-0.15, -0.1) is 0 Å². The molecule has 0 aliphatic heterocycles. The van der Waals surface area contributed by atoms with Gasteiger partial charge in [0.15, 0.2) is 0 Å². The molecule has 3 rings (SSSR count). The standard InChI is InChI=1S/C16H14BrN3/c1-11-16(10-18-13-8-6-12(17)7-9-13)20-15-5-3-2-4-14(15)19-11/h2-9,18H,10H2,1H3. The Kier molecular flexibility index (Phi) is 3.65. The first-order valence-corrected chi connectivity index (χ1v) is 7.23. The molecule has 1 aromatic heterocycles. The number of aromatic nitrogens is 2. The van der Waals surface area contributed by atoms with Crippen LogP contribution in [-0.2, 0) is 6.54 Å². The largest absolute Gasteiger partial charge is 0.379 e. The number of hydrogen-bond acceptors (Lipinski definition) is 3. The van der Waals surface area contributed by atoms with E-state index in [9.17, 15) is 0 Å². The number of fused-ring (bicyclic) bond motifs is 1. The summed E-state index contributed by atoms with van der Waals surface area (Å²) in [4.78, 5) is 9.27. The number of aryl methyl sites for hydroxylation is 1. The van der Waals surface area contributed by atoms with E-state index in [1.807, 2.05) is 55.5 Å². The summed E-state index contributed by atoms with van der Waals surface area (Å²) in [5.74, 6) is 0. The van der Waals surface area contributed by atoms with Crippen molar-refractivity contribution in [2.45, 2.75) is 13.5 Å². The van der Waals surface area contributed by atoms with Crippen molar-refractivity contribution in [1.29, 1.82) is 0 Å². The SMILES string of the molecule is Cc1nc2ccccc2nc1CNc1ccc(Br)cc1. The molecule has 1 heterocycles. The van der Waals surface area contributed by atoms with Crippen molar-refractivity contribution >= 4 is 32.7 Å². The Hall–Kier alpha value is -1.94. The zero-order valence-corrected chi connectivity index (χ0v) is 12.7. The van der Waals surface area contributed by atoms with Crippen LogP contribution in [0.15, 0.2) is 53.0 Å². The lowest BCUT2D eigenvalue weighted by Gasteiger charge is -2.09. The fourth-order valence-corrected chi connectivity index (χ4v) is 2.31. The molecule has 0 bridgehead atoms. The van der Waals surface area contributed by atoms with Crippen molar-refractivity contribution in [3.63, 3.8) is 0 Å². The van der Waals surface area contributed by atoms with E-state index in [4.69, 9.17) is 0 Å². The van der Waals surface area contributed by atoms with Crippen molar-refractivity contribution < 1.29 is 0 Å². The minimum atomic E-state index is 0.672. The van der Waals surface area contributed by atoms with E-state index in [-0.39, 0.29) is 0 Å². The lowest BCUT2D eigenvalue weighted by atomic mass is 10.2. The molecule has 0 fully saturated rings. The van der Waals surface area contributed by atoms with E-state index in [0.29, 0.717) is 6.54 Å². The summed E-state index contributed by atoms with van der Waals surface area (Å²) >= 11 is 3.43. The Morgan fingerprint density at radius 2 is 1.60 bits per heavy atom. The summed E-state index contributed by atoms with van der Waals surface area (Å²) in [7, 11) is 0. The number of rotatable bonds is 3. The molecule has 2 aromatic carbocycles. The zero-order chi connectivity index (χ0) is 13.9. The quantitative estimate of drug-likeness (QED) is 0.778. The highest BCUT2D eigenvalue weighted by atomic mass is 79.9. The summed E-state index contributed by atoms with van der Waals surface area (Å²) in [5.41, 5.74) is 4.89. The van der Waals surface area contributed by atoms with Gasteiger partial charge in [0.05, 0.1) is 29.0 Å². The van der Waals surface area contributed by atoms with E-state index < -0.39 is 0 Å². The van der Waals surface area contributed by atoms with Crippen LogP contribution >= 0.6 is 15.9 Å². The van der Waals surface area contributed by atoms with Gasteiger partial charge < -0.3 is 5.32 Å². The number of benzene rings is 2. The lowest BCUT2D eigenvalue weighted by Crippen LogP contribution is -2.05. The zero-order valence-electron chi connectivity index (χ0n) is 11.1. The summed E-state index contributed by atoms with van der Waals surface area (Å²) in [5, 5.41) is 3.37. The first-order valence-electron chi connectivity index (χ1n) is 6.44. The maximum Gasteiger partial charge on any atom is 0.0891 e. The van der Waals surface area contributed by atoms with Crippen molar-refractivity contribution in [2.24, 2.45) is 0 Å². The van der Waals surface area contributed by atoms with Gasteiger partial charge in [0.2, 0.25) is 0 Å². The van der Waals surface area contributed by atoms with E-state index in [1.54, 1.807) is 0 Å². The summed E-state index contributed by atoms with van der Waals surface area (Å²) in [6.07, 6.45) is 0. The van der Waals surface area contributed by atoms with Crippen LogP contribution in [0.1, 0.15) is 11.4 Å². The topological polar surface area (TPSA) is 37.8 Å². The van der Waals surface area contributed by atoms with E-state index in [2.05, 4.69) is 31.2 Å². The van der Waals surface area contributed by atoms with Gasteiger partial charge in [0, 0.05) is 10.2 Å². The molecule has 3 aromatic rings. The lowest BCUT2D eigenvalue weighted by molar-refractivity contribution is 0.998. The van der Waals surface area contributed by atoms with Crippen LogP contribution in [0.25, 0.3) is 11.0 Å². The molecule has 0 amide bonds. The summed E-state index contributed by atoms with van der Waals surface area (Å²) in [6, 6.07) is 16.0. The highest BCUT2D eigenvalue weighted by Crippen LogP contribution is 2.16. The van der Waals surface area contributed by atoms with Gasteiger partial charge in [-0.1, -0.05) is 28.1 Å². The molecule has 3 nitrogen and oxygen atoms in total. The van der Waals surface area contributed by atoms with Gasteiger partial charge in [0.25, 0.3) is 0 Å². The average molecular weight is 328 g/mol. The molecule has 20 heavy (non-hydrogen) atoms. The Morgan fingerprint density at radius 1 is 0.950 bits per heavy atom. The van der Waals surface area contributed by atoms with Crippen molar-refractivity contribution in [2.75, 3.05) is 5.32 Å². The van der Waals surface area contributed by atoms with Crippen LogP contribution in [0.2, 0.25) is 0 Å². The van der Waals surface area contributed by atoms with Crippen LogP contribution in [-0.4, -0.2) is 9.97 Å². The van der Waals surface area contributed by atoms with Gasteiger partial charge in [-0.05, 0) is 43.3 Å². The monoisotopic (exact) mass is 327 g/mol. The van der Waals surface area contributed by atoms with Gasteiger partial charge in [-0.25, -0.2) is 9.97 Å². The predicted octanol–water partition coefficient (Wildman–Crippen LogP) is 4.31. The number of nitrogens with zero attached hydrogens (tertiary/aromatic N) is 2. The Bertz CT molecular complexity index is 738. The van der Waals surface area contributed by atoms with E-state index in [0.717, 1.165) is 32.6 Å². The normalized spacial score (nSPS) is 10.7. The Balaban J connectivity index is 1.83. The molecule has 0 spiro atoms. The molecule has 0 aliphatic carbocycles. The van der Waals surface area contributed by atoms with E-state index in [1.165, 1.54) is 0 Å². The van der Waals surface area contributed by atoms with Crippen molar-refractivity contribution in [3.8, 4) is 0 Å². The van der Waals surface area contributed by atoms with Gasteiger partial charge >= 0.3 is 0 Å². The number of nitrogens with one attached hydrogen (secondary N) is 1. The molecule has 1 N–H and O–H groups in total. The molecule has 0 saturated carbocycles. The smallest absolute Gasteiger partial charge is 0.0891 e. The third kappa shape index (κ3) is 2.80. The van der Waals surface area contributed by atoms with Gasteiger partial charge in [-0.3, -0.25) is 0 Å². The van der Waals surface area contributed by atoms with Crippen LogP contribution in [0.5, 0.6) is 0 Å². The Labute approximate surface area is 126 Å². The van der Waals surface area contributed by atoms with Gasteiger partial charge in [-0.2, -0.15) is 0 Å². The highest BCUT2D eigenvalue weighted by Gasteiger charge is 2.04. The third-order valence-corrected chi connectivity index (χ3v) is 3.68. The maximum atomic E-state index is 4.67. The minimum absolute atomic E-state index is 0.672. The second kappa shape index (κ2) is 5.59. The van der Waals surface area contributed by atoms with E-state index >= 15 is 0 Å². The highest BCUT2D eigenvalue weighted by molar-refractivity contribution is 9.10. The average Bonchev–Trinajstić information content (AvgIpc) is 2.47. The van der Waals surface area contributed by atoms with Crippen LogP contribution in [0, 0.1) is 6.92 Å². The molecule has 4 heteroatoms. The van der Waals surface area contributed by atoms with Crippen LogP contribution in [0.4, 0.5) is 5.69 Å². The molecule has 0 saturated heterocycles. The first-order chi connectivity index (χ1) is 9.72.